The molecule has 0 amide bonds. The van der Waals surface area contributed by atoms with Crippen LogP contribution in [-0.2, 0) is 10.2 Å². The smallest absolute Gasteiger partial charge is 0.161 e. The molecule has 0 aromatic heterocycles. The van der Waals surface area contributed by atoms with Gasteiger partial charge in [0.2, 0.25) is 0 Å². The number of hydrogen-bond acceptors (Lipinski definition) is 4. The van der Waals surface area contributed by atoms with Crippen molar-refractivity contribution >= 4 is 0 Å². The van der Waals surface area contributed by atoms with Crippen LogP contribution in [0, 0.1) is 5.41 Å². The van der Waals surface area contributed by atoms with Crippen molar-refractivity contribution in [2.45, 2.75) is 37.1 Å². The van der Waals surface area contributed by atoms with Gasteiger partial charge in [-0.25, -0.2) is 0 Å². The maximum atomic E-state index is 5.55. The maximum absolute atomic E-state index is 5.55. The first-order valence-corrected chi connectivity index (χ1v) is 8.63. The molecule has 23 heavy (non-hydrogen) atoms. The Kier molecular flexibility index (Phi) is 3.58. The van der Waals surface area contributed by atoms with Crippen LogP contribution in [0.15, 0.2) is 18.2 Å². The topological polar surface area (TPSA) is 30.9 Å². The zero-order valence-electron chi connectivity index (χ0n) is 14.4. The van der Waals surface area contributed by atoms with Gasteiger partial charge in [-0.2, -0.15) is 0 Å². The van der Waals surface area contributed by atoms with E-state index in [9.17, 15) is 0 Å². The number of benzene rings is 1. The highest BCUT2D eigenvalue weighted by molar-refractivity contribution is 5.46. The van der Waals surface area contributed by atoms with Crippen molar-refractivity contribution in [3.8, 4) is 11.5 Å². The summed E-state index contributed by atoms with van der Waals surface area (Å²) in [5, 5.41) is 0. The zero-order valence-corrected chi connectivity index (χ0v) is 14.4. The summed E-state index contributed by atoms with van der Waals surface area (Å²) in [7, 11) is 5.70. The van der Waals surface area contributed by atoms with Crippen LogP contribution in [0.25, 0.3) is 0 Å². The van der Waals surface area contributed by atoms with Crippen molar-refractivity contribution in [3.05, 3.63) is 23.8 Å². The molecule has 0 radical (unpaired) electrons. The number of nitrogens with zero attached hydrogens (tertiary/aromatic N) is 1. The maximum Gasteiger partial charge on any atom is 0.161 e. The number of fused-ring (bicyclic) bond motifs is 1. The van der Waals surface area contributed by atoms with Gasteiger partial charge in [-0.05, 0) is 57.0 Å². The summed E-state index contributed by atoms with van der Waals surface area (Å²) in [6.07, 6.45) is 5.03. The van der Waals surface area contributed by atoms with Gasteiger partial charge in [0.25, 0.3) is 0 Å². The molecule has 1 aromatic rings. The third kappa shape index (κ3) is 2.18. The average molecular weight is 317 g/mol. The molecular formula is C19H27NO3. The van der Waals surface area contributed by atoms with Crippen LogP contribution in [0.5, 0.6) is 11.5 Å². The lowest BCUT2D eigenvalue weighted by molar-refractivity contribution is -0.148. The van der Waals surface area contributed by atoms with E-state index in [4.69, 9.17) is 14.2 Å². The van der Waals surface area contributed by atoms with E-state index in [2.05, 4.69) is 30.1 Å². The standard InChI is InChI=1S/C19H27NO3/c1-20-9-8-19(7-6-18(11-17(19)20)12-23-13-18)14-4-5-15(21-2)16(10-14)22-3/h4-5,10,17H,6-9,11-13H2,1-3H3. The fourth-order valence-electron chi connectivity index (χ4n) is 5.04. The van der Waals surface area contributed by atoms with E-state index in [1.54, 1.807) is 14.2 Å². The van der Waals surface area contributed by atoms with E-state index in [0.29, 0.717) is 11.5 Å². The van der Waals surface area contributed by atoms with Crippen LogP contribution < -0.4 is 9.47 Å². The van der Waals surface area contributed by atoms with E-state index < -0.39 is 0 Å². The SMILES string of the molecule is COc1ccc(C23CCN(C)C2CC2(CC3)COC2)cc1OC. The van der Waals surface area contributed by atoms with E-state index in [0.717, 1.165) is 24.7 Å². The van der Waals surface area contributed by atoms with Gasteiger partial charge in [-0.15, -0.1) is 0 Å². The summed E-state index contributed by atoms with van der Waals surface area (Å²) in [6, 6.07) is 7.14. The first-order valence-electron chi connectivity index (χ1n) is 8.63. The minimum atomic E-state index is 0.259. The van der Waals surface area contributed by atoms with Crippen molar-refractivity contribution in [2.75, 3.05) is 41.0 Å². The second-order valence-corrected chi connectivity index (χ2v) is 7.67. The third-order valence-electron chi connectivity index (χ3n) is 6.58. The summed E-state index contributed by atoms with van der Waals surface area (Å²) >= 11 is 0. The van der Waals surface area contributed by atoms with Gasteiger partial charge < -0.3 is 19.1 Å². The van der Waals surface area contributed by atoms with Crippen LogP contribution in [0.3, 0.4) is 0 Å². The molecule has 4 nitrogen and oxygen atoms in total. The lowest BCUT2D eigenvalue weighted by Gasteiger charge is -2.53. The highest BCUT2D eigenvalue weighted by atomic mass is 16.5. The van der Waals surface area contributed by atoms with E-state index >= 15 is 0 Å². The molecule has 3 fully saturated rings. The molecule has 1 aromatic carbocycles. The average Bonchev–Trinajstić information content (AvgIpc) is 2.90. The third-order valence-corrected chi connectivity index (χ3v) is 6.58. The quantitative estimate of drug-likeness (QED) is 0.858. The zero-order chi connectivity index (χ0) is 16.1. The van der Waals surface area contributed by atoms with Crippen LogP contribution in [-0.4, -0.2) is 52.0 Å². The number of likely N-dealkylation sites (N-methyl/N-ethyl adjacent to an activating group) is 1. The Hall–Kier alpha value is -1.26. The first kappa shape index (κ1) is 15.3. The molecule has 3 aliphatic rings. The van der Waals surface area contributed by atoms with Gasteiger partial charge in [-0.1, -0.05) is 6.07 Å². The number of rotatable bonds is 3. The first-order chi connectivity index (χ1) is 11.1. The molecule has 2 unspecified atom stereocenters. The predicted octanol–water partition coefficient (Wildman–Crippen LogP) is 2.85. The number of hydrogen-bond donors (Lipinski definition) is 0. The highest BCUT2D eigenvalue weighted by Gasteiger charge is 2.56. The fraction of sp³-hybridized carbons (Fsp3) is 0.684. The van der Waals surface area contributed by atoms with Gasteiger partial charge in [0.15, 0.2) is 11.5 Å². The Morgan fingerprint density at radius 2 is 1.87 bits per heavy atom. The minimum absolute atomic E-state index is 0.259. The predicted molar refractivity (Wildman–Crippen MR) is 89.4 cm³/mol. The van der Waals surface area contributed by atoms with Gasteiger partial charge in [0, 0.05) is 16.9 Å². The molecule has 2 atom stereocenters. The fourth-order valence-corrected chi connectivity index (χ4v) is 5.04. The number of methoxy groups -OCH3 is 2. The van der Waals surface area contributed by atoms with Crippen molar-refractivity contribution in [3.63, 3.8) is 0 Å². The van der Waals surface area contributed by atoms with Gasteiger partial charge in [0.05, 0.1) is 27.4 Å². The summed E-state index contributed by atoms with van der Waals surface area (Å²) < 4.78 is 16.5. The Bertz CT molecular complexity index is 598. The van der Waals surface area contributed by atoms with Crippen LogP contribution in [0.1, 0.15) is 31.2 Å². The molecule has 1 aliphatic carbocycles. The van der Waals surface area contributed by atoms with E-state index in [1.807, 2.05) is 0 Å². The van der Waals surface area contributed by atoms with E-state index in [-0.39, 0.29) is 5.41 Å². The Labute approximate surface area is 138 Å². The number of likely N-dealkylation sites (tertiary alicyclic amines) is 1. The molecule has 4 rings (SSSR count). The molecule has 126 valence electrons. The molecular weight excluding hydrogens is 290 g/mol. The molecule has 1 spiro atoms. The Morgan fingerprint density at radius 3 is 2.52 bits per heavy atom. The monoisotopic (exact) mass is 317 g/mol. The van der Waals surface area contributed by atoms with Gasteiger partial charge >= 0.3 is 0 Å². The second-order valence-electron chi connectivity index (χ2n) is 7.67. The summed E-state index contributed by atoms with van der Waals surface area (Å²) in [5.41, 5.74) is 2.12. The highest BCUT2D eigenvalue weighted by Crippen LogP contribution is 2.56. The lowest BCUT2D eigenvalue weighted by atomic mass is 9.58. The Morgan fingerprint density at radius 1 is 1.09 bits per heavy atom. The van der Waals surface area contributed by atoms with Crippen molar-refractivity contribution in [1.82, 2.24) is 4.90 Å². The summed E-state index contributed by atoms with van der Waals surface area (Å²) in [5.74, 6) is 1.66. The van der Waals surface area contributed by atoms with Gasteiger partial charge in [0.1, 0.15) is 0 Å². The molecule has 2 aliphatic heterocycles. The minimum Gasteiger partial charge on any atom is -0.493 e. The molecule has 2 heterocycles. The molecule has 4 heteroatoms. The van der Waals surface area contributed by atoms with Crippen LogP contribution in [0.2, 0.25) is 0 Å². The van der Waals surface area contributed by atoms with Crippen LogP contribution >= 0.6 is 0 Å². The van der Waals surface area contributed by atoms with Crippen molar-refractivity contribution in [2.24, 2.45) is 5.41 Å². The molecule has 0 bridgehead atoms. The molecule has 1 saturated carbocycles. The second kappa shape index (κ2) is 5.38. The molecule has 2 saturated heterocycles. The normalized spacial score (nSPS) is 32.4. The number of ether oxygens (including phenoxy) is 3. The van der Waals surface area contributed by atoms with Crippen molar-refractivity contribution < 1.29 is 14.2 Å². The lowest BCUT2D eigenvalue weighted by Crippen LogP contribution is -2.56. The summed E-state index contributed by atoms with van der Waals surface area (Å²) in [6.45, 7) is 3.09. The van der Waals surface area contributed by atoms with Gasteiger partial charge in [-0.3, -0.25) is 0 Å². The molecule has 0 N–H and O–H groups in total. The van der Waals surface area contributed by atoms with Crippen LogP contribution in [0.4, 0.5) is 0 Å². The van der Waals surface area contributed by atoms with E-state index in [1.165, 1.54) is 37.8 Å². The largest absolute Gasteiger partial charge is 0.493 e. The summed E-state index contributed by atoms with van der Waals surface area (Å²) in [4.78, 5) is 2.57. The Balaban J connectivity index is 1.71. The van der Waals surface area contributed by atoms with Crippen molar-refractivity contribution in [1.29, 1.82) is 0 Å².